The van der Waals surface area contributed by atoms with Crippen LogP contribution < -0.4 is 4.74 Å². The van der Waals surface area contributed by atoms with Crippen LogP contribution in [0, 0.1) is 0 Å². The van der Waals surface area contributed by atoms with Crippen molar-refractivity contribution in [2.24, 2.45) is 0 Å². The number of rotatable bonds is 5. The van der Waals surface area contributed by atoms with Crippen molar-refractivity contribution in [3.63, 3.8) is 0 Å². The Bertz CT molecular complexity index is 773. The van der Waals surface area contributed by atoms with Crippen LogP contribution in [0.4, 0.5) is 0 Å². The number of carbonyl (C=O) groups excluding carboxylic acids is 1. The summed E-state index contributed by atoms with van der Waals surface area (Å²) in [7, 11) is 0. The van der Waals surface area contributed by atoms with Crippen LogP contribution in [0.25, 0.3) is 11.1 Å². The van der Waals surface area contributed by atoms with E-state index in [4.69, 9.17) is 4.74 Å². The molecule has 0 spiro atoms. The Balaban J connectivity index is 0.00000109. The van der Waals surface area contributed by atoms with Crippen molar-refractivity contribution in [1.82, 2.24) is 0 Å². The third kappa shape index (κ3) is 5.32. The Morgan fingerprint density at radius 1 is 0.760 bits per heavy atom. The summed E-state index contributed by atoms with van der Waals surface area (Å²) in [6.45, 7) is 6.14. The van der Waals surface area contributed by atoms with Gasteiger partial charge < -0.3 is 4.74 Å². The zero-order chi connectivity index (χ0) is 18.1. The van der Waals surface area contributed by atoms with E-state index in [0.717, 1.165) is 28.0 Å². The predicted octanol–water partition coefficient (Wildman–Crippen LogP) is 6.16. The van der Waals surface area contributed by atoms with E-state index in [2.05, 4.69) is 0 Å². The first-order chi connectivity index (χ1) is 12.2. The summed E-state index contributed by atoms with van der Waals surface area (Å²) in [6.07, 6.45) is 0. The summed E-state index contributed by atoms with van der Waals surface area (Å²) in [5.74, 6) is 0.930. The van der Waals surface area contributed by atoms with Gasteiger partial charge in [-0.25, -0.2) is 0 Å². The van der Waals surface area contributed by atoms with Crippen LogP contribution >= 0.6 is 0 Å². The van der Waals surface area contributed by atoms with Gasteiger partial charge >= 0.3 is 0 Å². The molecule has 3 aromatic rings. The smallest absolute Gasteiger partial charge is 0.159 e. The number of benzene rings is 3. The molecule has 0 aromatic heterocycles. The zero-order valence-corrected chi connectivity index (χ0v) is 15.0. The summed E-state index contributed by atoms with van der Waals surface area (Å²) < 4.78 is 5.79. The molecule has 0 N–H and O–H groups in total. The van der Waals surface area contributed by atoms with Crippen molar-refractivity contribution >= 4 is 5.78 Å². The van der Waals surface area contributed by atoms with E-state index in [9.17, 15) is 4.79 Å². The summed E-state index contributed by atoms with van der Waals surface area (Å²) in [5.41, 5.74) is 4.07. The van der Waals surface area contributed by atoms with E-state index in [0.29, 0.717) is 6.61 Å². The highest BCUT2D eigenvalue weighted by atomic mass is 16.5. The largest absolute Gasteiger partial charge is 0.489 e. The third-order valence-electron chi connectivity index (χ3n) is 3.73. The van der Waals surface area contributed by atoms with Crippen LogP contribution in [-0.2, 0) is 6.61 Å². The van der Waals surface area contributed by atoms with Gasteiger partial charge in [0.25, 0.3) is 0 Å². The molecule has 0 atom stereocenters. The topological polar surface area (TPSA) is 26.3 Å². The Morgan fingerprint density at radius 3 is 1.80 bits per heavy atom. The van der Waals surface area contributed by atoms with Crippen molar-refractivity contribution < 1.29 is 9.53 Å². The first-order valence-corrected chi connectivity index (χ1v) is 8.60. The minimum absolute atomic E-state index is 0.0845. The van der Waals surface area contributed by atoms with E-state index in [1.807, 2.05) is 92.7 Å². The van der Waals surface area contributed by atoms with E-state index in [1.165, 1.54) is 0 Å². The maximum atomic E-state index is 11.3. The van der Waals surface area contributed by atoms with Crippen molar-refractivity contribution in [2.45, 2.75) is 27.4 Å². The van der Waals surface area contributed by atoms with Crippen molar-refractivity contribution in [2.75, 3.05) is 0 Å². The van der Waals surface area contributed by atoms with Gasteiger partial charge in [0.1, 0.15) is 12.4 Å². The molecule has 0 aliphatic carbocycles. The Morgan fingerprint density at radius 2 is 1.28 bits per heavy atom. The van der Waals surface area contributed by atoms with Crippen LogP contribution in [0.2, 0.25) is 0 Å². The fourth-order valence-electron chi connectivity index (χ4n) is 2.38. The molecule has 0 aliphatic heterocycles. The highest BCUT2D eigenvalue weighted by Gasteiger charge is 2.02. The van der Waals surface area contributed by atoms with Gasteiger partial charge in [0.2, 0.25) is 0 Å². The highest BCUT2D eigenvalue weighted by molar-refractivity contribution is 5.94. The molecular formula is C23H24O2. The molecule has 0 saturated heterocycles. The Kier molecular flexibility index (Phi) is 6.97. The van der Waals surface area contributed by atoms with E-state index >= 15 is 0 Å². The second-order valence-corrected chi connectivity index (χ2v) is 5.43. The quantitative estimate of drug-likeness (QED) is 0.523. The molecule has 2 nitrogen and oxygen atoms in total. The molecule has 0 saturated carbocycles. The monoisotopic (exact) mass is 332 g/mol. The number of ketones is 1. The predicted molar refractivity (Wildman–Crippen MR) is 104 cm³/mol. The fourth-order valence-corrected chi connectivity index (χ4v) is 2.38. The minimum atomic E-state index is 0.0845. The second-order valence-electron chi connectivity index (χ2n) is 5.43. The normalized spacial score (nSPS) is 9.72. The van der Waals surface area contributed by atoms with Crippen LogP contribution in [0.1, 0.15) is 36.7 Å². The molecule has 0 heterocycles. The van der Waals surface area contributed by atoms with Gasteiger partial charge in [0, 0.05) is 5.56 Å². The van der Waals surface area contributed by atoms with E-state index in [1.54, 1.807) is 6.92 Å². The van der Waals surface area contributed by atoms with Crippen molar-refractivity contribution in [3.8, 4) is 16.9 Å². The average Bonchev–Trinajstić information content (AvgIpc) is 2.69. The van der Waals surface area contributed by atoms with Crippen LogP contribution in [0.15, 0.2) is 78.9 Å². The third-order valence-corrected chi connectivity index (χ3v) is 3.73. The maximum absolute atomic E-state index is 11.3. The summed E-state index contributed by atoms with van der Waals surface area (Å²) in [5, 5.41) is 0. The van der Waals surface area contributed by atoms with Gasteiger partial charge in [-0.1, -0.05) is 80.6 Å². The second kappa shape index (κ2) is 9.43. The summed E-state index contributed by atoms with van der Waals surface area (Å²) in [4.78, 5) is 11.3. The fraction of sp³-hybridized carbons (Fsp3) is 0.174. The van der Waals surface area contributed by atoms with Gasteiger partial charge in [-0.2, -0.15) is 0 Å². The number of ether oxygens (including phenoxy) is 1. The van der Waals surface area contributed by atoms with E-state index in [-0.39, 0.29) is 5.78 Å². The number of carbonyl (C=O) groups is 1. The lowest BCUT2D eigenvalue weighted by Crippen LogP contribution is -1.94. The van der Waals surface area contributed by atoms with Gasteiger partial charge in [-0.3, -0.25) is 4.79 Å². The minimum Gasteiger partial charge on any atom is -0.489 e. The van der Waals surface area contributed by atoms with E-state index < -0.39 is 0 Å². The standard InChI is InChI=1S/C21H18O2.C2H6/c1-16(22)18-7-9-19(10-8-18)20-11-13-21(14-12-20)23-15-17-5-3-2-4-6-17;1-2/h2-14H,15H2,1H3;1-2H3. The van der Waals surface area contributed by atoms with Crippen molar-refractivity contribution in [1.29, 1.82) is 0 Å². The average molecular weight is 332 g/mol. The molecule has 0 radical (unpaired) electrons. The van der Waals surface area contributed by atoms with Crippen LogP contribution in [0.5, 0.6) is 5.75 Å². The molecule has 3 rings (SSSR count). The summed E-state index contributed by atoms with van der Waals surface area (Å²) >= 11 is 0. The highest BCUT2D eigenvalue weighted by Crippen LogP contribution is 2.23. The maximum Gasteiger partial charge on any atom is 0.159 e. The molecule has 0 fully saturated rings. The number of hydrogen-bond donors (Lipinski definition) is 0. The van der Waals surface area contributed by atoms with Crippen molar-refractivity contribution in [3.05, 3.63) is 90.0 Å². The Hall–Kier alpha value is -2.87. The summed E-state index contributed by atoms with van der Waals surface area (Å²) in [6, 6.07) is 25.8. The number of hydrogen-bond acceptors (Lipinski definition) is 2. The van der Waals surface area contributed by atoms with Crippen LogP contribution in [0.3, 0.4) is 0 Å². The molecule has 0 amide bonds. The Labute approximate surface area is 150 Å². The van der Waals surface area contributed by atoms with Crippen LogP contribution in [-0.4, -0.2) is 5.78 Å². The number of Topliss-reactive ketones (excluding diaryl/α,β-unsaturated/α-hetero) is 1. The first-order valence-electron chi connectivity index (χ1n) is 8.60. The molecule has 0 bridgehead atoms. The molecule has 128 valence electrons. The molecular weight excluding hydrogens is 308 g/mol. The lowest BCUT2D eigenvalue weighted by molar-refractivity contribution is 0.101. The lowest BCUT2D eigenvalue weighted by Gasteiger charge is -2.08. The molecule has 0 aliphatic rings. The lowest BCUT2D eigenvalue weighted by atomic mass is 10.0. The molecule has 25 heavy (non-hydrogen) atoms. The van der Waals surface area contributed by atoms with Gasteiger partial charge in [-0.05, 0) is 35.7 Å². The zero-order valence-electron chi connectivity index (χ0n) is 15.0. The molecule has 2 heteroatoms. The first kappa shape index (κ1) is 18.5. The van der Waals surface area contributed by atoms with Gasteiger partial charge in [-0.15, -0.1) is 0 Å². The molecule has 0 unspecified atom stereocenters. The SMILES string of the molecule is CC.CC(=O)c1ccc(-c2ccc(OCc3ccccc3)cc2)cc1. The van der Waals surface area contributed by atoms with Gasteiger partial charge in [0.15, 0.2) is 5.78 Å². The van der Waals surface area contributed by atoms with Gasteiger partial charge in [0.05, 0.1) is 0 Å². The molecule has 3 aromatic carbocycles.